The molecule has 0 bridgehead atoms. The largest absolute Gasteiger partial charge is 0.393 e. The predicted molar refractivity (Wildman–Crippen MR) is 62.3 cm³/mol. The Kier molecular flexibility index (Phi) is 4.07. The van der Waals surface area contributed by atoms with E-state index < -0.39 is 0 Å². The number of thiocarbonyl (C=S) groups is 1. The highest BCUT2D eigenvalue weighted by Gasteiger charge is 1.99. The van der Waals surface area contributed by atoms with E-state index in [4.69, 9.17) is 18.0 Å². The maximum absolute atomic E-state index is 5.41. The lowest BCUT2D eigenvalue weighted by Gasteiger charge is -2.03. The summed E-state index contributed by atoms with van der Waals surface area (Å²) in [6.07, 6.45) is 2.97. The van der Waals surface area contributed by atoms with Crippen molar-refractivity contribution < 1.29 is 0 Å². The molecule has 1 heterocycles. The fourth-order valence-corrected chi connectivity index (χ4v) is 1.61. The second-order valence-corrected chi connectivity index (χ2v) is 4.10. The Labute approximate surface area is 90.3 Å². The Morgan fingerprint density at radius 2 is 2.21 bits per heavy atom. The standard InChI is InChI=1S/C10H17N3S/c1-8-7-9(2)13(12-8)6-4-3-5-10(11)14/h7H,3-6H2,1-2H3,(H2,11,14). The van der Waals surface area contributed by atoms with Crippen LogP contribution < -0.4 is 5.73 Å². The van der Waals surface area contributed by atoms with Crippen LogP contribution in [-0.4, -0.2) is 14.8 Å². The van der Waals surface area contributed by atoms with Crippen molar-refractivity contribution >= 4 is 17.2 Å². The average Bonchev–Trinajstić information content (AvgIpc) is 2.39. The molecule has 0 saturated carbocycles. The van der Waals surface area contributed by atoms with E-state index >= 15 is 0 Å². The summed E-state index contributed by atoms with van der Waals surface area (Å²) in [7, 11) is 0. The van der Waals surface area contributed by atoms with Gasteiger partial charge in [0, 0.05) is 12.2 Å². The summed E-state index contributed by atoms with van der Waals surface area (Å²) in [6.45, 7) is 5.05. The summed E-state index contributed by atoms with van der Waals surface area (Å²) in [5.74, 6) is 0. The summed E-state index contributed by atoms with van der Waals surface area (Å²) >= 11 is 4.81. The van der Waals surface area contributed by atoms with Gasteiger partial charge in [-0.05, 0) is 39.2 Å². The topological polar surface area (TPSA) is 43.8 Å². The highest BCUT2D eigenvalue weighted by Crippen LogP contribution is 2.04. The van der Waals surface area contributed by atoms with Crippen molar-refractivity contribution in [3.63, 3.8) is 0 Å². The van der Waals surface area contributed by atoms with Gasteiger partial charge in [0.15, 0.2) is 0 Å². The summed E-state index contributed by atoms with van der Waals surface area (Å²) in [5, 5.41) is 4.38. The quantitative estimate of drug-likeness (QED) is 0.598. The Balaban J connectivity index is 2.31. The normalized spacial score (nSPS) is 10.4. The molecule has 0 aliphatic rings. The van der Waals surface area contributed by atoms with Crippen LogP contribution in [0.3, 0.4) is 0 Å². The number of aryl methyl sites for hydroxylation is 3. The first kappa shape index (κ1) is 11.2. The number of nitrogens with two attached hydrogens (primary N) is 1. The molecule has 0 amide bonds. The molecule has 0 spiro atoms. The number of nitrogens with zero attached hydrogens (tertiary/aromatic N) is 2. The van der Waals surface area contributed by atoms with E-state index in [-0.39, 0.29) is 0 Å². The molecule has 1 rings (SSSR count). The molecule has 1 aromatic rings. The minimum Gasteiger partial charge on any atom is -0.393 e. The zero-order valence-electron chi connectivity index (χ0n) is 8.79. The second-order valence-electron chi connectivity index (χ2n) is 3.57. The molecule has 0 unspecified atom stereocenters. The molecule has 78 valence electrons. The molecule has 3 nitrogen and oxygen atoms in total. The smallest absolute Gasteiger partial charge is 0.0727 e. The van der Waals surface area contributed by atoms with Crippen molar-refractivity contribution in [1.82, 2.24) is 9.78 Å². The molecule has 0 saturated heterocycles. The Morgan fingerprint density at radius 1 is 1.50 bits per heavy atom. The van der Waals surface area contributed by atoms with Gasteiger partial charge in [0.05, 0.1) is 10.7 Å². The van der Waals surface area contributed by atoms with Crippen molar-refractivity contribution in [1.29, 1.82) is 0 Å². The SMILES string of the molecule is Cc1cc(C)n(CCCCC(N)=S)n1. The van der Waals surface area contributed by atoms with E-state index in [0.717, 1.165) is 31.5 Å². The van der Waals surface area contributed by atoms with Gasteiger partial charge in [-0.1, -0.05) is 12.2 Å². The van der Waals surface area contributed by atoms with Gasteiger partial charge in [-0.3, -0.25) is 4.68 Å². The van der Waals surface area contributed by atoms with Crippen LogP contribution in [0, 0.1) is 13.8 Å². The molecule has 1 aromatic heterocycles. The van der Waals surface area contributed by atoms with Crippen molar-refractivity contribution in [3.8, 4) is 0 Å². The van der Waals surface area contributed by atoms with Crippen LogP contribution in [0.1, 0.15) is 30.7 Å². The van der Waals surface area contributed by atoms with E-state index in [1.807, 2.05) is 11.6 Å². The molecular weight excluding hydrogens is 194 g/mol. The van der Waals surface area contributed by atoms with Crippen molar-refractivity contribution in [2.75, 3.05) is 0 Å². The maximum atomic E-state index is 5.41. The highest BCUT2D eigenvalue weighted by atomic mass is 32.1. The van der Waals surface area contributed by atoms with E-state index in [1.165, 1.54) is 5.69 Å². The van der Waals surface area contributed by atoms with Crippen molar-refractivity contribution in [2.24, 2.45) is 5.73 Å². The number of hydrogen-bond acceptors (Lipinski definition) is 2. The molecule has 14 heavy (non-hydrogen) atoms. The molecular formula is C10H17N3S. The summed E-state index contributed by atoms with van der Waals surface area (Å²) in [5.41, 5.74) is 7.72. The average molecular weight is 211 g/mol. The van der Waals surface area contributed by atoms with Gasteiger partial charge in [0.2, 0.25) is 0 Å². The lowest BCUT2D eigenvalue weighted by molar-refractivity contribution is 0.549. The molecule has 0 aliphatic heterocycles. The molecule has 0 aliphatic carbocycles. The third-order valence-corrected chi connectivity index (χ3v) is 2.35. The monoisotopic (exact) mass is 211 g/mol. The van der Waals surface area contributed by atoms with E-state index in [1.54, 1.807) is 0 Å². The first-order chi connectivity index (χ1) is 6.59. The Hall–Kier alpha value is -0.900. The minimum atomic E-state index is 0.610. The third-order valence-electron chi connectivity index (χ3n) is 2.15. The highest BCUT2D eigenvalue weighted by molar-refractivity contribution is 7.80. The van der Waals surface area contributed by atoms with Crippen LogP contribution in [0.4, 0.5) is 0 Å². The first-order valence-electron chi connectivity index (χ1n) is 4.89. The summed E-state index contributed by atoms with van der Waals surface area (Å²) in [4.78, 5) is 0.610. The van der Waals surface area contributed by atoms with Gasteiger partial charge in [-0.2, -0.15) is 5.10 Å². The molecule has 2 N–H and O–H groups in total. The predicted octanol–water partition coefficient (Wildman–Crippen LogP) is 1.96. The van der Waals surface area contributed by atoms with Gasteiger partial charge < -0.3 is 5.73 Å². The summed E-state index contributed by atoms with van der Waals surface area (Å²) < 4.78 is 2.04. The number of aromatic nitrogens is 2. The van der Waals surface area contributed by atoms with Crippen molar-refractivity contribution in [3.05, 3.63) is 17.5 Å². The fraction of sp³-hybridized carbons (Fsp3) is 0.600. The summed E-state index contributed by atoms with van der Waals surface area (Å²) in [6, 6.07) is 2.09. The Bertz CT molecular complexity index is 317. The van der Waals surface area contributed by atoms with Gasteiger partial charge in [-0.25, -0.2) is 0 Å². The van der Waals surface area contributed by atoms with Crippen LogP contribution in [-0.2, 0) is 6.54 Å². The zero-order chi connectivity index (χ0) is 10.6. The zero-order valence-corrected chi connectivity index (χ0v) is 9.60. The lowest BCUT2D eigenvalue weighted by Crippen LogP contribution is -2.08. The van der Waals surface area contributed by atoms with Crippen molar-refractivity contribution in [2.45, 2.75) is 39.7 Å². The van der Waals surface area contributed by atoms with Crippen LogP contribution in [0.15, 0.2) is 6.07 Å². The molecule has 0 atom stereocenters. The van der Waals surface area contributed by atoms with Gasteiger partial charge in [0.25, 0.3) is 0 Å². The molecule has 0 fully saturated rings. The van der Waals surface area contributed by atoms with E-state index in [9.17, 15) is 0 Å². The maximum Gasteiger partial charge on any atom is 0.0727 e. The van der Waals surface area contributed by atoms with Crippen LogP contribution >= 0.6 is 12.2 Å². The van der Waals surface area contributed by atoms with Crippen LogP contribution in [0.5, 0.6) is 0 Å². The van der Waals surface area contributed by atoms with E-state index in [0.29, 0.717) is 4.99 Å². The number of unbranched alkanes of at least 4 members (excludes halogenated alkanes) is 1. The van der Waals surface area contributed by atoms with Crippen LogP contribution in [0.2, 0.25) is 0 Å². The number of hydrogen-bond donors (Lipinski definition) is 1. The van der Waals surface area contributed by atoms with Gasteiger partial charge >= 0.3 is 0 Å². The van der Waals surface area contributed by atoms with Gasteiger partial charge in [-0.15, -0.1) is 0 Å². The minimum absolute atomic E-state index is 0.610. The second kappa shape index (κ2) is 5.10. The molecule has 0 radical (unpaired) electrons. The number of rotatable bonds is 5. The van der Waals surface area contributed by atoms with Gasteiger partial charge in [0.1, 0.15) is 0 Å². The lowest BCUT2D eigenvalue weighted by atomic mass is 10.2. The molecule has 4 heteroatoms. The fourth-order valence-electron chi connectivity index (χ4n) is 1.46. The van der Waals surface area contributed by atoms with Crippen LogP contribution in [0.25, 0.3) is 0 Å². The third kappa shape index (κ3) is 3.46. The molecule has 0 aromatic carbocycles. The Morgan fingerprint density at radius 3 is 2.71 bits per heavy atom. The van der Waals surface area contributed by atoms with E-state index in [2.05, 4.69) is 18.1 Å². The first-order valence-corrected chi connectivity index (χ1v) is 5.30.